The number of hydrogen-bond acceptors (Lipinski definition) is 5. The molecule has 2 heterocycles. The van der Waals surface area contributed by atoms with E-state index in [-0.39, 0.29) is 0 Å². The van der Waals surface area contributed by atoms with Crippen molar-refractivity contribution in [2.45, 2.75) is 25.8 Å². The number of nitriles is 1. The molecule has 1 atom stereocenters. The summed E-state index contributed by atoms with van der Waals surface area (Å²) < 4.78 is 0. The van der Waals surface area contributed by atoms with Crippen molar-refractivity contribution in [3.8, 4) is 6.07 Å². The van der Waals surface area contributed by atoms with Gasteiger partial charge in [0.05, 0.1) is 17.0 Å². The minimum absolute atomic E-state index is 0.379. The first-order valence-electron chi connectivity index (χ1n) is 6.90. The number of hydrogen-bond donors (Lipinski definition) is 3. The van der Waals surface area contributed by atoms with Gasteiger partial charge in [0.25, 0.3) is 0 Å². The average Bonchev–Trinajstić information content (AvgIpc) is 3.07. The van der Waals surface area contributed by atoms with Crippen molar-refractivity contribution < 1.29 is 9.90 Å². The fraction of sp³-hybridized carbons (Fsp3) is 0.267. The molecule has 7 nitrogen and oxygen atoms in total. The quantitative estimate of drug-likeness (QED) is 0.803. The maximum absolute atomic E-state index is 11.6. The summed E-state index contributed by atoms with van der Waals surface area (Å²) in [7, 11) is 0. The SMILES string of the molecule is CCC1(C(=O)O)NN(c2ccc3[nH]cc(C#N)c3c2)N=C1C. The second-order valence-corrected chi connectivity index (χ2v) is 5.22. The van der Waals surface area contributed by atoms with Gasteiger partial charge in [-0.05, 0) is 31.5 Å². The molecular formula is C15H15N5O2. The van der Waals surface area contributed by atoms with E-state index in [9.17, 15) is 9.90 Å². The summed E-state index contributed by atoms with van der Waals surface area (Å²) in [6.45, 7) is 3.49. The van der Waals surface area contributed by atoms with Crippen molar-refractivity contribution in [2.75, 3.05) is 5.12 Å². The Morgan fingerprint density at radius 2 is 2.32 bits per heavy atom. The van der Waals surface area contributed by atoms with Crippen molar-refractivity contribution in [1.82, 2.24) is 10.4 Å². The lowest BCUT2D eigenvalue weighted by Gasteiger charge is -2.25. The normalized spacial score (nSPS) is 21.0. The van der Waals surface area contributed by atoms with Crippen LogP contribution in [-0.2, 0) is 4.79 Å². The average molecular weight is 297 g/mol. The number of nitrogens with zero attached hydrogens (tertiary/aromatic N) is 3. The predicted octanol–water partition coefficient (Wildman–Crippen LogP) is 1.97. The molecule has 3 N–H and O–H groups in total. The van der Waals surface area contributed by atoms with Crippen LogP contribution >= 0.6 is 0 Å². The maximum atomic E-state index is 11.6. The number of fused-ring (bicyclic) bond motifs is 1. The third kappa shape index (κ3) is 1.85. The molecule has 0 spiro atoms. The number of anilines is 1. The summed E-state index contributed by atoms with van der Waals surface area (Å²) in [4.78, 5) is 14.6. The summed E-state index contributed by atoms with van der Waals surface area (Å²) in [5, 5.41) is 25.2. The molecule has 112 valence electrons. The summed E-state index contributed by atoms with van der Waals surface area (Å²) >= 11 is 0. The summed E-state index contributed by atoms with van der Waals surface area (Å²) in [5.41, 5.74) is 4.33. The molecular weight excluding hydrogens is 282 g/mol. The van der Waals surface area contributed by atoms with Crippen molar-refractivity contribution >= 4 is 28.3 Å². The van der Waals surface area contributed by atoms with Crippen LogP contribution in [0.3, 0.4) is 0 Å². The molecule has 2 aromatic rings. The molecule has 0 bridgehead atoms. The van der Waals surface area contributed by atoms with Gasteiger partial charge in [-0.15, -0.1) is 0 Å². The number of benzene rings is 1. The molecule has 7 heteroatoms. The molecule has 1 aromatic heterocycles. The highest BCUT2D eigenvalue weighted by Gasteiger charge is 2.46. The van der Waals surface area contributed by atoms with E-state index in [1.165, 1.54) is 5.12 Å². The first-order valence-corrected chi connectivity index (χ1v) is 6.90. The second-order valence-electron chi connectivity index (χ2n) is 5.22. The Bertz CT molecular complexity index is 832. The predicted molar refractivity (Wildman–Crippen MR) is 82.4 cm³/mol. The van der Waals surface area contributed by atoms with E-state index < -0.39 is 11.5 Å². The molecule has 1 aliphatic rings. The topological polar surface area (TPSA) is 105 Å². The van der Waals surface area contributed by atoms with Crippen LogP contribution in [0.1, 0.15) is 25.8 Å². The Kier molecular flexibility index (Phi) is 3.11. The van der Waals surface area contributed by atoms with E-state index in [4.69, 9.17) is 5.26 Å². The number of carboxylic acid groups (broad SMARTS) is 1. The van der Waals surface area contributed by atoms with Gasteiger partial charge in [-0.1, -0.05) is 6.92 Å². The van der Waals surface area contributed by atoms with Gasteiger partial charge in [0.1, 0.15) is 6.07 Å². The highest BCUT2D eigenvalue weighted by molar-refractivity contribution is 6.11. The van der Waals surface area contributed by atoms with E-state index in [0.29, 0.717) is 23.4 Å². The number of nitrogens with one attached hydrogen (secondary N) is 2. The monoisotopic (exact) mass is 297 g/mol. The van der Waals surface area contributed by atoms with Gasteiger partial charge in [0.2, 0.25) is 0 Å². The zero-order valence-electron chi connectivity index (χ0n) is 12.2. The zero-order valence-corrected chi connectivity index (χ0v) is 12.2. The Hall–Kier alpha value is -2.85. The molecule has 0 fully saturated rings. The molecule has 0 saturated heterocycles. The van der Waals surface area contributed by atoms with E-state index in [1.54, 1.807) is 20.0 Å². The third-order valence-corrected chi connectivity index (χ3v) is 4.09. The molecule has 1 aromatic carbocycles. The molecule has 3 rings (SSSR count). The van der Waals surface area contributed by atoms with Crippen LogP contribution in [0.2, 0.25) is 0 Å². The number of hydrazine groups is 1. The van der Waals surface area contributed by atoms with E-state index in [2.05, 4.69) is 21.6 Å². The van der Waals surface area contributed by atoms with Gasteiger partial charge < -0.3 is 10.1 Å². The number of carboxylic acids is 1. The zero-order chi connectivity index (χ0) is 15.9. The number of rotatable bonds is 3. The molecule has 0 amide bonds. The van der Waals surface area contributed by atoms with Crippen molar-refractivity contribution in [1.29, 1.82) is 5.26 Å². The van der Waals surface area contributed by atoms with Crippen LogP contribution in [0.5, 0.6) is 0 Å². The number of H-pyrrole nitrogens is 1. The summed E-state index contributed by atoms with van der Waals surface area (Å²) in [6.07, 6.45) is 2.03. The Morgan fingerprint density at radius 1 is 1.55 bits per heavy atom. The van der Waals surface area contributed by atoms with Crippen LogP contribution in [0, 0.1) is 11.3 Å². The fourth-order valence-electron chi connectivity index (χ4n) is 2.67. The lowest BCUT2D eigenvalue weighted by atomic mass is 9.92. The lowest BCUT2D eigenvalue weighted by molar-refractivity contribution is -0.141. The third-order valence-electron chi connectivity index (χ3n) is 4.09. The first-order chi connectivity index (χ1) is 10.5. The molecule has 0 radical (unpaired) electrons. The fourth-order valence-corrected chi connectivity index (χ4v) is 2.67. The smallest absolute Gasteiger partial charge is 0.331 e. The van der Waals surface area contributed by atoms with Crippen LogP contribution in [0.4, 0.5) is 5.69 Å². The van der Waals surface area contributed by atoms with Gasteiger partial charge in [-0.3, -0.25) is 0 Å². The van der Waals surface area contributed by atoms with Crippen molar-refractivity contribution in [3.63, 3.8) is 0 Å². The molecule has 0 aliphatic carbocycles. The highest BCUT2D eigenvalue weighted by atomic mass is 16.4. The summed E-state index contributed by atoms with van der Waals surface area (Å²) in [6, 6.07) is 7.58. The van der Waals surface area contributed by atoms with E-state index in [0.717, 1.165) is 10.9 Å². The number of aromatic amines is 1. The minimum atomic E-state index is -1.19. The van der Waals surface area contributed by atoms with Gasteiger partial charge in [-0.2, -0.15) is 20.9 Å². The molecule has 0 saturated carbocycles. The molecule has 1 aliphatic heterocycles. The maximum Gasteiger partial charge on any atom is 0.331 e. The molecule has 1 unspecified atom stereocenters. The van der Waals surface area contributed by atoms with Crippen LogP contribution < -0.4 is 10.5 Å². The van der Waals surface area contributed by atoms with Gasteiger partial charge in [0.15, 0.2) is 5.54 Å². The van der Waals surface area contributed by atoms with Gasteiger partial charge >= 0.3 is 5.97 Å². The van der Waals surface area contributed by atoms with E-state index in [1.807, 2.05) is 18.2 Å². The number of aliphatic carboxylic acids is 1. The number of aromatic nitrogens is 1. The van der Waals surface area contributed by atoms with Crippen molar-refractivity contribution in [3.05, 3.63) is 30.0 Å². The Labute approximate surface area is 126 Å². The molecule has 22 heavy (non-hydrogen) atoms. The number of carbonyl (C=O) groups is 1. The van der Waals surface area contributed by atoms with Crippen LogP contribution in [-0.4, -0.2) is 27.3 Å². The minimum Gasteiger partial charge on any atom is -0.480 e. The second kappa shape index (κ2) is 4.86. The standard InChI is InChI=1S/C15H15N5O2/c1-3-15(14(21)22)9(2)18-20(19-15)11-4-5-13-12(6-11)10(7-16)8-17-13/h4-6,8,17,19H,3H2,1-2H3,(H,21,22). The van der Waals surface area contributed by atoms with Crippen LogP contribution in [0.25, 0.3) is 10.9 Å². The highest BCUT2D eigenvalue weighted by Crippen LogP contribution is 2.28. The van der Waals surface area contributed by atoms with E-state index >= 15 is 0 Å². The van der Waals surface area contributed by atoms with Crippen molar-refractivity contribution in [2.24, 2.45) is 5.10 Å². The first kappa shape index (κ1) is 14.1. The summed E-state index contributed by atoms with van der Waals surface area (Å²) in [5.74, 6) is -0.959. The largest absolute Gasteiger partial charge is 0.480 e. The Morgan fingerprint density at radius 3 is 2.91 bits per heavy atom. The van der Waals surface area contributed by atoms with Crippen LogP contribution in [0.15, 0.2) is 29.5 Å². The number of hydrazone groups is 1. The van der Waals surface area contributed by atoms with Gasteiger partial charge in [-0.25, -0.2) is 4.79 Å². The Balaban J connectivity index is 2.03. The van der Waals surface area contributed by atoms with Gasteiger partial charge in [0, 0.05) is 17.1 Å². The lowest BCUT2D eigenvalue weighted by Crippen LogP contribution is -2.56.